The molecule has 6 nitrogen and oxygen atoms in total. The summed E-state index contributed by atoms with van der Waals surface area (Å²) in [7, 11) is 0. The van der Waals surface area contributed by atoms with Gasteiger partial charge in [0.15, 0.2) is 5.16 Å². The second-order valence-corrected chi connectivity index (χ2v) is 7.79. The molecule has 31 heavy (non-hydrogen) atoms. The summed E-state index contributed by atoms with van der Waals surface area (Å²) in [5, 5.41) is 5.87. The van der Waals surface area contributed by atoms with Gasteiger partial charge in [-0.15, -0.1) is 0 Å². The largest absolute Gasteiger partial charge is 0.416 e. The van der Waals surface area contributed by atoms with E-state index >= 15 is 0 Å². The quantitative estimate of drug-likeness (QED) is 0.488. The first kappa shape index (κ1) is 22.7. The van der Waals surface area contributed by atoms with Crippen molar-refractivity contribution in [1.29, 1.82) is 0 Å². The molecule has 1 aromatic heterocycles. The Bertz CT molecular complexity index is 1110. The Hall–Kier alpha value is -3.01. The molecule has 0 radical (unpaired) electrons. The molecular formula is C21H21F3N4O2S. The van der Waals surface area contributed by atoms with Crippen LogP contribution in [0.2, 0.25) is 0 Å². The van der Waals surface area contributed by atoms with Crippen LogP contribution in [0.4, 0.5) is 24.5 Å². The highest BCUT2D eigenvalue weighted by molar-refractivity contribution is 7.99. The van der Waals surface area contributed by atoms with Gasteiger partial charge in [-0.2, -0.15) is 13.2 Å². The number of anilines is 2. The van der Waals surface area contributed by atoms with Crippen molar-refractivity contribution in [1.82, 2.24) is 9.55 Å². The number of rotatable bonds is 7. The van der Waals surface area contributed by atoms with Gasteiger partial charge in [0.2, 0.25) is 11.8 Å². The standard InChI is InChI=1S/C21H21F3N4O2S/c1-3-9-28-18-10-14(21(22,23)24)7-8-17(18)27-20(28)31-12-19(30)26-16-6-4-5-15(11-16)25-13(2)29/h4-8,10-11H,3,9,12H2,1-2H3,(H,25,29)(H,26,30). The SMILES string of the molecule is CCCn1c(SCC(=O)Nc2cccc(NC(C)=O)c2)nc2ccc(C(F)(F)F)cc21. The molecule has 0 saturated carbocycles. The van der Waals surface area contributed by atoms with Crippen LogP contribution in [-0.4, -0.2) is 27.1 Å². The summed E-state index contributed by atoms with van der Waals surface area (Å²) < 4.78 is 41.0. The summed E-state index contributed by atoms with van der Waals surface area (Å²) in [5.41, 5.74) is 1.19. The molecule has 1 heterocycles. The van der Waals surface area contributed by atoms with Crippen molar-refractivity contribution in [3.8, 4) is 0 Å². The van der Waals surface area contributed by atoms with Gasteiger partial charge in [-0.3, -0.25) is 9.59 Å². The van der Waals surface area contributed by atoms with Crippen LogP contribution in [0.3, 0.4) is 0 Å². The minimum atomic E-state index is -4.44. The zero-order valence-electron chi connectivity index (χ0n) is 16.9. The maximum Gasteiger partial charge on any atom is 0.416 e. The summed E-state index contributed by atoms with van der Waals surface area (Å²) in [6.07, 6.45) is -3.73. The molecule has 3 aromatic rings. The normalized spacial score (nSPS) is 11.5. The number of carbonyl (C=O) groups excluding carboxylic acids is 2. The smallest absolute Gasteiger partial charge is 0.326 e. The second-order valence-electron chi connectivity index (χ2n) is 6.85. The Labute approximate surface area is 181 Å². The third-order valence-corrected chi connectivity index (χ3v) is 5.26. The zero-order valence-corrected chi connectivity index (χ0v) is 17.7. The molecule has 0 spiro atoms. The molecule has 2 N–H and O–H groups in total. The van der Waals surface area contributed by atoms with Gasteiger partial charge in [0, 0.05) is 24.8 Å². The van der Waals surface area contributed by atoms with Gasteiger partial charge in [0.05, 0.1) is 22.3 Å². The predicted molar refractivity (Wildman–Crippen MR) is 115 cm³/mol. The van der Waals surface area contributed by atoms with E-state index in [0.717, 1.165) is 23.9 Å². The summed E-state index contributed by atoms with van der Waals surface area (Å²) in [5.74, 6) is -0.484. The topological polar surface area (TPSA) is 76.0 Å². The lowest BCUT2D eigenvalue weighted by Gasteiger charge is -2.10. The van der Waals surface area contributed by atoms with E-state index < -0.39 is 11.7 Å². The third-order valence-electron chi connectivity index (χ3n) is 4.29. The van der Waals surface area contributed by atoms with Gasteiger partial charge < -0.3 is 15.2 Å². The van der Waals surface area contributed by atoms with E-state index in [1.54, 1.807) is 28.8 Å². The molecule has 0 saturated heterocycles. The number of halogens is 3. The molecule has 10 heteroatoms. The van der Waals surface area contributed by atoms with Gasteiger partial charge >= 0.3 is 6.18 Å². The van der Waals surface area contributed by atoms with Gasteiger partial charge in [0.25, 0.3) is 0 Å². The highest BCUT2D eigenvalue weighted by Gasteiger charge is 2.31. The van der Waals surface area contributed by atoms with Crippen LogP contribution in [0.1, 0.15) is 25.8 Å². The van der Waals surface area contributed by atoms with Crippen molar-refractivity contribution in [2.75, 3.05) is 16.4 Å². The number of benzene rings is 2. The zero-order chi connectivity index (χ0) is 22.6. The van der Waals surface area contributed by atoms with Crippen molar-refractivity contribution in [3.05, 3.63) is 48.0 Å². The number of aromatic nitrogens is 2. The first-order valence-corrected chi connectivity index (χ1v) is 10.5. The molecule has 0 aliphatic heterocycles. The monoisotopic (exact) mass is 450 g/mol. The van der Waals surface area contributed by atoms with E-state index in [1.165, 1.54) is 13.0 Å². The number of carbonyl (C=O) groups is 2. The second kappa shape index (κ2) is 9.42. The third kappa shape index (κ3) is 5.78. The predicted octanol–water partition coefficient (Wildman–Crippen LogP) is 5.15. The number of thioether (sulfide) groups is 1. The van der Waals surface area contributed by atoms with Crippen molar-refractivity contribution in [2.45, 2.75) is 38.1 Å². The minimum Gasteiger partial charge on any atom is -0.326 e. The average molecular weight is 450 g/mol. The molecule has 3 rings (SSSR count). The Morgan fingerprint density at radius 1 is 1.10 bits per heavy atom. The van der Waals surface area contributed by atoms with Crippen LogP contribution in [0.15, 0.2) is 47.6 Å². The summed E-state index contributed by atoms with van der Waals surface area (Å²) in [6.45, 7) is 3.80. The highest BCUT2D eigenvalue weighted by Crippen LogP contribution is 2.33. The molecule has 0 unspecified atom stereocenters. The fraction of sp³-hybridized carbons (Fsp3) is 0.286. The summed E-state index contributed by atoms with van der Waals surface area (Å²) in [6, 6.07) is 10.2. The average Bonchev–Trinajstić information content (AvgIpc) is 3.03. The molecule has 0 aliphatic rings. The maximum absolute atomic E-state index is 13.1. The number of nitrogens with zero attached hydrogens (tertiary/aromatic N) is 2. The van der Waals surface area contributed by atoms with E-state index in [1.807, 2.05) is 6.92 Å². The number of hydrogen-bond donors (Lipinski definition) is 2. The number of alkyl halides is 3. The van der Waals surface area contributed by atoms with Crippen molar-refractivity contribution < 1.29 is 22.8 Å². The Balaban J connectivity index is 1.75. The lowest BCUT2D eigenvalue weighted by Crippen LogP contribution is -2.15. The van der Waals surface area contributed by atoms with Gasteiger partial charge in [-0.1, -0.05) is 24.8 Å². The summed E-state index contributed by atoms with van der Waals surface area (Å²) >= 11 is 1.16. The van der Waals surface area contributed by atoms with Crippen LogP contribution >= 0.6 is 11.8 Å². The summed E-state index contributed by atoms with van der Waals surface area (Å²) in [4.78, 5) is 28.0. The van der Waals surface area contributed by atoms with Crippen LogP contribution in [0.25, 0.3) is 11.0 Å². The van der Waals surface area contributed by atoms with Crippen molar-refractivity contribution in [2.24, 2.45) is 0 Å². The number of fused-ring (bicyclic) bond motifs is 1. The van der Waals surface area contributed by atoms with Crippen LogP contribution in [0, 0.1) is 0 Å². The molecule has 0 aliphatic carbocycles. The van der Waals surface area contributed by atoms with Gasteiger partial charge in [-0.05, 0) is 42.8 Å². The number of nitrogens with one attached hydrogen (secondary N) is 2. The Morgan fingerprint density at radius 3 is 2.45 bits per heavy atom. The van der Waals surface area contributed by atoms with E-state index in [-0.39, 0.29) is 17.6 Å². The van der Waals surface area contributed by atoms with Crippen molar-refractivity contribution >= 4 is 46.0 Å². The molecule has 0 atom stereocenters. The molecule has 0 bridgehead atoms. The molecule has 0 fully saturated rings. The lowest BCUT2D eigenvalue weighted by molar-refractivity contribution is -0.137. The fourth-order valence-corrected chi connectivity index (χ4v) is 3.87. The number of hydrogen-bond acceptors (Lipinski definition) is 4. The van der Waals surface area contributed by atoms with Crippen LogP contribution in [-0.2, 0) is 22.3 Å². The van der Waals surface area contributed by atoms with Gasteiger partial charge in [-0.25, -0.2) is 4.98 Å². The fourth-order valence-electron chi connectivity index (χ4n) is 3.03. The lowest BCUT2D eigenvalue weighted by atomic mass is 10.2. The molecule has 2 amide bonds. The Kier molecular flexibility index (Phi) is 6.89. The first-order valence-electron chi connectivity index (χ1n) is 9.55. The maximum atomic E-state index is 13.1. The highest BCUT2D eigenvalue weighted by atomic mass is 32.2. The number of amides is 2. The number of imidazole rings is 1. The number of aryl methyl sites for hydroxylation is 1. The molecule has 2 aromatic carbocycles. The van der Waals surface area contributed by atoms with Gasteiger partial charge in [0.1, 0.15) is 0 Å². The minimum absolute atomic E-state index is 0.0313. The Morgan fingerprint density at radius 2 is 1.81 bits per heavy atom. The van der Waals surface area contributed by atoms with Crippen molar-refractivity contribution in [3.63, 3.8) is 0 Å². The van der Waals surface area contributed by atoms with Crippen LogP contribution < -0.4 is 10.6 Å². The van der Waals surface area contributed by atoms with Crippen LogP contribution in [0.5, 0.6) is 0 Å². The first-order chi connectivity index (χ1) is 14.7. The van der Waals surface area contributed by atoms with E-state index in [0.29, 0.717) is 40.5 Å². The molecular weight excluding hydrogens is 429 g/mol. The van der Waals surface area contributed by atoms with E-state index in [2.05, 4.69) is 15.6 Å². The molecule has 164 valence electrons. The van der Waals surface area contributed by atoms with E-state index in [4.69, 9.17) is 0 Å². The van der Waals surface area contributed by atoms with E-state index in [9.17, 15) is 22.8 Å².